The number of rotatable bonds is 6. The van der Waals surface area contributed by atoms with Gasteiger partial charge in [0.15, 0.2) is 0 Å². The van der Waals surface area contributed by atoms with Gasteiger partial charge in [-0.15, -0.1) is 0 Å². The van der Waals surface area contributed by atoms with E-state index in [9.17, 15) is 0 Å². The van der Waals surface area contributed by atoms with E-state index in [2.05, 4.69) is 107 Å². The van der Waals surface area contributed by atoms with Crippen molar-refractivity contribution in [3.8, 4) is 11.1 Å². The van der Waals surface area contributed by atoms with Gasteiger partial charge in [0, 0.05) is 0 Å². The van der Waals surface area contributed by atoms with E-state index >= 15 is 0 Å². The first-order valence-electron chi connectivity index (χ1n) is 10.8. The Hall–Kier alpha value is -2.17. The first-order valence-corrected chi connectivity index (χ1v) is 12.5. The molecule has 0 nitrogen and oxygen atoms in total. The van der Waals surface area contributed by atoms with Crippen LogP contribution in [0.4, 0.5) is 0 Å². The van der Waals surface area contributed by atoms with Crippen molar-refractivity contribution >= 4 is 34.8 Å². The minimum Gasteiger partial charge on any atom is -0.0741 e. The van der Waals surface area contributed by atoms with E-state index in [1.165, 1.54) is 45.0 Å². The van der Waals surface area contributed by atoms with Gasteiger partial charge in [0.05, 0.1) is 0 Å². The zero-order chi connectivity index (χ0) is 20.4. The highest BCUT2D eigenvalue weighted by Gasteiger charge is 2.21. The maximum atomic E-state index is 2.44. The fourth-order valence-corrected chi connectivity index (χ4v) is 7.55. The Bertz CT molecular complexity index is 1110. The van der Waals surface area contributed by atoms with Crippen LogP contribution in [0.1, 0.15) is 27.7 Å². The third-order valence-electron chi connectivity index (χ3n) is 5.48. The van der Waals surface area contributed by atoms with Crippen molar-refractivity contribution in [3.05, 3.63) is 78.9 Å². The van der Waals surface area contributed by atoms with Crippen LogP contribution < -0.4 is 5.30 Å². The van der Waals surface area contributed by atoms with Crippen molar-refractivity contribution < 1.29 is 0 Å². The second-order valence-electron chi connectivity index (χ2n) is 8.90. The molecule has 0 fully saturated rings. The lowest BCUT2D eigenvalue weighted by Crippen LogP contribution is -2.15. The molecule has 0 heterocycles. The molecule has 0 bridgehead atoms. The highest BCUT2D eigenvalue weighted by molar-refractivity contribution is 7.66. The van der Waals surface area contributed by atoms with Crippen LogP contribution >= 0.6 is 7.92 Å². The van der Waals surface area contributed by atoms with Crippen molar-refractivity contribution in [1.82, 2.24) is 0 Å². The summed E-state index contributed by atoms with van der Waals surface area (Å²) in [6.07, 6.45) is 2.59. The van der Waals surface area contributed by atoms with Gasteiger partial charge in [-0.1, -0.05) is 114 Å². The molecule has 0 aliphatic carbocycles. The Kier molecular flexibility index (Phi) is 6.02. The molecule has 0 saturated heterocycles. The Morgan fingerprint density at radius 3 is 1.79 bits per heavy atom. The monoisotopic (exact) mass is 398 g/mol. The summed E-state index contributed by atoms with van der Waals surface area (Å²) in [6.45, 7) is 9.48. The van der Waals surface area contributed by atoms with E-state index in [1.807, 2.05) is 0 Å². The molecule has 0 spiro atoms. The predicted octanol–water partition coefficient (Wildman–Crippen LogP) is 8.08. The molecule has 0 amide bonds. The van der Waals surface area contributed by atoms with Gasteiger partial charge >= 0.3 is 0 Å². The van der Waals surface area contributed by atoms with Gasteiger partial charge < -0.3 is 0 Å². The van der Waals surface area contributed by atoms with E-state index in [1.54, 1.807) is 5.30 Å². The van der Waals surface area contributed by atoms with Crippen LogP contribution in [0, 0.1) is 11.8 Å². The van der Waals surface area contributed by atoms with Crippen molar-refractivity contribution in [2.75, 3.05) is 12.3 Å². The van der Waals surface area contributed by atoms with Crippen LogP contribution in [-0.4, -0.2) is 12.3 Å². The molecule has 0 aliphatic rings. The lowest BCUT2D eigenvalue weighted by atomic mass is 9.94. The summed E-state index contributed by atoms with van der Waals surface area (Å²) in [7, 11) is -0.208. The van der Waals surface area contributed by atoms with Crippen LogP contribution in [0.25, 0.3) is 32.7 Å². The average Bonchev–Trinajstić information content (AvgIpc) is 2.71. The third-order valence-corrected chi connectivity index (χ3v) is 8.87. The molecular weight excluding hydrogens is 367 g/mol. The zero-order valence-electron chi connectivity index (χ0n) is 18.0. The molecule has 148 valence electrons. The van der Waals surface area contributed by atoms with Crippen molar-refractivity contribution in [2.24, 2.45) is 11.8 Å². The van der Waals surface area contributed by atoms with E-state index in [-0.39, 0.29) is 7.92 Å². The molecule has 0 atom stereocenters. The molecular formula is C28H31P. The number of hydrogen-bond donors (Lipinski definition) is 0. The normalized spacial score (nSPS) is 12.0. The maximum Gasteiger partial charge on any atom is -0.00221 e. The van der Waals surface area contributed by atoms with Crippen LogP contribution in [0.5, 0.6) is 0 Å². The van der Waals surface area contributed by atoms with Gasteiger partial charge in [0.25, 0.3) is 0 Å². The number of fused-ring (bicyclic) bond motifs is 2. The lowest BCUT2D eigenvalue weighted by molar-refractivity contribution is 0.721. The fourth-order valence-electron chi connectivity index (χ4n) is 4.40. The van der Waals surface area contributed by atoms with Crippen LogP contribution in [0.2, 0.25) is 0 Å². The molecule has 4 aromatic rings. The van der Waals surface area contributed by atoms with Crippen LogP contribution in [-0.2, 0) is 0 Å². The standard InChI is InChI=1S/C28H31P/c1-20(2)18-29(19-21(3)4)27-17-16-23-11-6-8-14-25(23)28(27)26-15-9-12-22-10-5-7-13-24(22)26/h5-17,20-21H,18-19H2,1-4H3. The molecule has 0 radical (unpaired) electrons. The fraction of sp³-hybridized carbons (Fsp3) is 0.286. The molecule has 4 rings (SSSR count). The molecule has 0 saturated carbocycles. The Labute approximate surface area is 176 Å². The van der Waals surface area contributed by atoms with E-state index in [0.717, 1.165) is 0 Å². The topological polar surface area (TPSA) is 0 Å². The summed E-state index contributed by atoms with van der Waals surface area (Å²) in [4.78, 5) is 0. The first kappa shape index (κ1) is 20.1. The molecule has 4 aromatic carbocycles. The van der Waals surface area contributed by atoms with Gasteiger partial charge in [-0.05, 0) is 62.1 Å². The van der Waals surface area contributed by atoms with Crippen LogP contribution in [0.15, 0.2) is 78.9 Å². The van der Waals surface area contributed by atoms with Gasteiger partial charge in [0.2, 0.25) is 0 Å². The Morgan fingerprint density at radius 1 is 0.586 bits per heavy atom. The van der Waals surface area contributed by atoms with E-state index in [0.29, 0.717) is 11.8 Å². The summed E-state index contributed by atoms with van der Waals surface area (Å²) in [5, 5.41) is 6.99. The van der Waals surface area contributed by atoms with E-state index < -0.39 is 0 Å². The highest BCUT2D eigenvalue weighted by Crippen LogP contribution is 2.45. The maximum absolute atomic E-state index is 2.44. The quantitative estimate of drug-likeness (QED) is 0.288. The van der Waals surface area contributed by atoms with Crippen LogP contribution in [0.3, 0.4) is 0 Å². The molecule has 0 N–H and O–H groups in total. The zero-order valence-corrected chi connectivity index (χ0v) is 18.9. The summed E-state index contributed by atoms with van der Waals surface area (Å²) in [6, 6.07) is 29.3. The van der Waals surface area contributed by atoms with Crippen molar-refractivity contribution in [2.45, 2.75) is 27.7 Å². The van der Waals surface area contributed by atoms with Crippen molar-refractivity contribution in [3.63, 3.8) is 0 Å². The SMILES string of the molecule is CC(C)CP(CC(C)C)c1ccc2ccccc2c1-c1cccc2ccccc12. The van der Waals surface area contributed by atoms with Gasteiger partial charge in [0.1, 0.15) is 0 Å². The van der Waals surface area contributed by atoms with Crippen molar-refractivity contribution in [1.29, 1.82) is 0 Å². The lowest BCUT2D eigenvalue weighted by Gasteiger charge is -2.26. The second kappa shape index (κ2) is 8.68. The third kappa shape index (κ3) is 4.24. The molecule has 0 aromatic heterocycles. The summed E-state index contributed by atoms with van der Waals surface area (Å²) < 4.78 is 0. The largest absolute Gasteiger partial charge is 0.0741 e. The Morgan fingerprint density at radius 2 is 1.14 bits per heavy atom. The highest BCUT2D eigenvalue weighted by atomic mass is 31.1. The van der Waals surface area contributed by atoms with E-state index in [4.69, 9.17) is 0 Å². The summed E-state index contributed by atoms with van der Waals surface area (Å²) >= 11 is 0. The van der Waals surface area contributed by atoms with Gasteiger partial charge in [-0.3, -0.25) is 0 Å². The number of hydrogen-bond acceptors (Lipinski definition) is 0. The van der Waals surface area contributed by atoms with Gasteiger partial charge in [-0.25, -0.2) is 0 Å². The minimum atomic E-state index is -0.208. The second-order valence-corrected chi connectivity index (χ2v) is 11.2. The molecule has 1 heteroatoms. The average molecular weight is 399 g/mol. The van der Waals surface area contributed by atoms with Gasteiger partial charge in [-0.2, -0.15) is 0 Å². The minimum absolute atomic E-state index is 0.208. The molecule has 0 aliphatic heterocycles. The Balaban J connectivity index is 2.03. The summed E-state index contributed by atoms with van der Waals surface area (Å²) in [5.41, 5.74) is 2.85. The smallest absolute Gasteiger partial charge is 0.00221 e. The molecule has 0 unspecified atom stereocenters. The first-order chi connectivity index (χ1) is 14.0. The summed E-state index contributed by atoms with van der Waals surface area (Å²) in [5.74, 6) is 1.43. The molecule has 29 heavy (non-hydrogen) atoms. The number of benzene rings is 4. The predicted molar refractivity (Wildman–Crippen MR) is 133 cm³/mol.